The van der Waals surface area contributed by atoms with E-state index in [0.717, 1.165) is 12.1 Å². The van der Waals surface area contributed by atoms with Gasteiger partial charge in [-0.2, -0.15) is 0 Å². The molecule has 0 unspecified atom stereocenters. The summed E-state index contributed by atoms with van der Waals surface area (Å²) in [4.78, 5) is 19.9. The predicted molar refractivity (Wildman–Crippen MR) is 105 cm³/mol. The van der Waals surface area contributed by atoms with Crippen molar-refractivity contribution in [3.63, 3.8) is 0 Å². The minimum atomic E-state index is -0.826. The summed E-state index contributed by atoms with van der Waals surface area (Å²) in [6, 6.07) is 5.70. The van der Waals surface area contributed by atoms with Gasteiger partial charge in [-0.05, 0) is 23.8 Å². The predicted octanol–water partition coefficient (Wildman–Crippen LogP) is 4.15. The Kier molecular flexibility index (Phi) is 5.45. The number of benzene rings is 1. The maximum absolute atomic E-state index is 14.2. The molecule has 30 heavy (non-hydrogen) atoms. The molecule has 0 fully saturated rings. The molecule has 1 amide bonds. The van der Waals surface area contributed by atoms with Gasteiger partial charge in [0.05, 0.1) is 5.02 Å². The Hall–Kier alpha value is -3.33. The zero-order valence-electron chi connectivity index (χ0n) is 15.7. The largest absolute Gasteiger partial charge is 0.423 e. The van der Waals surface area contributed by atoms with Crippen LogP contribution in [0, 0.1) is 11.6 Å². The fourth-order valence-corrected chi connectivity index (χ4v) is 3.17. The van der Waals surface area contributed by atoms with Crippen molar-refractivity contribution in [3.8, 4) is 0 Å². The quantitative estimate of drug-likeness (QED) is 0.478. The number of fused-ring (bicyclic) bond motifs is 1. The van der Waals surface area contributed by atoms with Crippen LogP contribution in [0.15, 0.2) is 40.9 Å². The lowest BCUT2D eigenvalue weighted by atomic mass is 10.0. The van der Waals surface area contributed by atoms with E-state index in [9.17, 15) is 13.6 Å². The molecule has 0 aliphatic rings. The van der Waals surface area contributed by atoms with Crippen LogP contribution >= 0.6 is 11.6 Å². The van der Waals surface area contributed by atoms with Gasteiger partial charge in [0.15, 0.2) is 0 Å². The highest BCUT2D eigenvalue weighted by Gasteiger charge is 2.24. The number of rotatable bonds is 6. The lowest BCUT2D eigenvalue weighted by Crippen LogP contribution is -2.30. The Morgan fingerprint density at radius 1 is 1.27 bits per heavy atom. The lowest BCUT2D eigenvalue weighted by molar-refractivity contribution is 0.0925. The molecule has 0 bridgehead atoms. The van der Waals surface area contributed by atoms with E-state index < -0.39 is 23.6 Å². The van der Waals surface area contributed by atoms with Crippen LogP contribution in [0.5, 0.6) is 0 Å². The minimum Gasteiger partial charge on any atom is -0.423 e. The van der Waals surface area contributed by atoms with Crippen LogP contribution in [0.3, 0.4) is 0 Å². The van der Waals surface area contributed by atoms with Crippen LogP contribution in [0.2, 0.25) is 5.02 Å². The van der Waals surface area contributed by atoms with Gasteiger partial charge in [-0.3, -0.25) is 4.79 Å². The number of carbonyl (C=O) groups is 1. The average Bonchev–Trinajstić information content (AvgIpc) is 3.35. The van der Waals surface area contributed by atoms with Crippen molar-refractivity contribution in [1.29, 1.82) is 0 Å². The Bertz CT molecular complexity index is 1220. The van der Waals surface area contributed by atoms with Crippen LogP contribution in [0.4, 0.5) is 8.78 Å². The normalized spacial score (nSPS) is 12.3. The molecule has 154 valence electrons. The number of hydrogen-bond acceptors (Lipinski definition) is 5. The number of aromatic nitrogens is 4. The molecular weight excluding hydrogens is 416 g/mol. The first-order valence-electron chi connectivity index (χ1n) is 9.14. The van der Waals surface area contributed by atoms with Crippen LogP contribution in [0.1, 0.15) is 40.8 Å². The third-order valence-electron chi connectivity index (χ3n) is 4.51. The molecule has 4 rings (SSSR count). The van der Waals surface area contributed by atoms with E-state index >= 15 is 0 Å². The molecule has 0 saturated heterocycles. The Labute approximate surface area is 174 Å². The third kappa shape index (κ3) is 4.16. The summed E-state index contributed by atoms with van der Waals surface area (Å²) in [6.45, 7) is 1.84. The van der Waals surface area contributed by atoms with Gasteiger partial charge in [0, 0.05) is 30.5 Å². The van der Waals surface area contributed by atoms with Crippen LogP contribution in [-0.2, 0) is 12.8 Å². The van der Waals surface area contributed by atoms with Gasteiger partial charge >= 0.3 is 0 Å². The van der Waals surface area contributed by atoms with Gasteiger partial charge < -0.3 is 14.7 Å². The van der Waals surface area contributed by atoms with Crippen LogP contribution in [-0.4, -0.2) is 26.1 Å². The van der Waals surface area contributed by atoms with Crippen molar-refractivity contribution in [3.05, 3.63) is 76.2 Å². The molecule has 3 heterocycles. The van der Waals surface area contributed by atoms with Crippen molar-refractivity contribution < 1.29 is 18.0 Å². The summed E-state index contributed by atoms with van der Waals surface area (Å²) < 4.78 is 33.0. The Morgan fingerprint density at radius 3 is 2.83 bits per heavy atom. The topological polar surface area (TPSA) is 96.7 Å². The van der Waals surface area contributed by atoms with Gasteiger partial charge in [-0.25, -0.2) is 13.8 Å². The number of hydrogen-bond donors (Lipinski definition) is 2. The average molecular weight is 432 g/mol. The highest BCUT2D eigenvalue weighted by atomic mass is 35.5. The molecule has 0 aliphatic heterocycles. The molecule has 7 nitrogen and oxygen atoms in total. The molecule has 1 aromatic carbocycles. The monoisotopic (exact) mass is 431 g/mol. The van der Waals surface area contributed by atoms with E-state index in [1.807, 2.05) is 6.92 Å². The first-order valence-corrected chi connectivity index (χ1v) is 9.52. The second kappa shape index (κ2) is 8.19. The van der Waals surface area contributed by atoms with Crippen LogP contribution in [0.25, 0.3) is 11.0 Å². The van der Waals surface area contributed by atoms with E-state index in [1.165, 1.54) is 12.3 Å². The van der Waals surface area contributed by atoms with Gasteiger partial charge in [0.25, 0.3) is 5.91 Å². The summed E-state index contributed by atoms with van der Waals surface area (Å²) in [5.41, 5.74) is 0.930. The number of aromatic amines is 1. The fraction of sp³-hybridized carbons (Fsp3) is 0.200. The highest BCUT2D eigenvalue weighted by Crippen LogP contribution is 2.22. The first-order chi connectivity index (χ1) is 14.4. The van der Waals surface area contributed by atoms with E-state index in [0.29, 0.717) is 28.4 Å². The van der Waals surface area contributed by atoms with Gasteiger partial charge in [0.1, 0.15) is 29.0 Å². The molecule has 1 atom stereocenters. The maximum Gasteiger partial charge on any atom is 0.268 e. The number of carbonyl (C=O) groups excluding carboxylic acids is 1. The molecule has 4 aromatic rings. The molecule has 10 heteroatoms. The number of nitrogens with one attached hydrogen (secondary N) is 2. The van der Waals surface area contributed by atoms with Crippen molar-refractivity contribution in [1.82, 2.24) is 25.5 Å². The Balaban J connectivity index is 1.63. The van der Waals surface area contributed by atoms with Gasteiger partial charge in [0.2, 0.25) is 11.8 Å². The molecule has 0 saturated carbocycles. The van der Waals surface area contributed by atoms with Gasteiger partial charge in [-0.1, -0.05) is 24.6 Å². The van der Waals surface area contributed by atoms with Crippen molar-refractivity contribution in [2.24, 2.45) is 0 Å². The highest BCUT2D eigenvalue weighted by molar-refractivity contribution is 6.31. The zero-order chi connectivity index (χ0) is 21.3. The summed E-state index contributed by atoms with van der Waals surface area (Å²) >= 11 is 5.94. The van der Waals surface area contributed by atoms with E-state index in [1.54, 1.807) is 12.1 Å². The number of pyridine rings is 1. The maximum atomic E-state index is 14.2. The number of amides is 1. The Morgan fingerprint density at radius 2 is 2.10 bits per heavy atom. The smallest absolute Gasteiger partial charge is 0.268 e. The summed E-state index contributed by atoms with van der Waals surface area (Å²) in [6.07, 6.45) is 1.97. The molecule has 3 aromatic heterocycles. The van der Waals surface area contributed by atoms with E-state index in [4.69, 9.17) is 16.0 Å². The molecule has 0 spiro atoms. The molecule has 0 radical (unpaired) electrons. The van der Waals surface area contributed by atoms with E-state index in [2.05, 4.69) is 25.5 Å². The third-order valence-corrected chi connectivity index (χ3v) is 4.72. The summed E-state index contributed by atoms with van der Waals surface area (Å²) in [7, 11) is 0. The summed E-state index contributed by atoms with van der Waals surface area (Å²) in [5.74, 6) is -1.39. The van der Waals surface area contributed by atoms with Crippen LogP contribution < -0.4 is 5.32 Å². The number of halogens is 3. The van der Waals surface area contributed by atoms with Crippen molar-refractivity contribution >= 4 is 28.5 Å². The molecule has 2 N–H and O–H groups in total. The number of nitrogens with zero attached hydrogens (tertiary/aromatic N) is 3. The second-order valence-electron chi connectivity index (χ2n) is 6.63. The number of H-pyrrole nitrogens is 1. The SMILES string of the molecule is CCc1nnc([C@H](Cc2ccc(F)cc2F)NC(=O)c2cc3cc(Cl)cnc3[nH]2)o1. The molecular formula is C20H16ClF2N5O2. The van der Waals surface area contributed by atoms with Gasteiger partial charge in [-0.15, -0.1) is 10.2 Å². The zero-order valence-corrected chi connectivity index (χ0v) is 16.5. The number of aryl methyl sites for hydroxylation is 1. The standard InChI is InChI=1S/C20H16ClF2N5O2/c1-2-17-27-28-20(30-17)16(6-10-3-4-13(22)8-14(10)23)26-19(29)15-7-11-5-12(21)9-24-18(11)25-15/h3-5,7-9,16H,2,6H2,1H3,(H,24,25)(H,26,29)/t16-/m0/s1. The molecule has 0 aliphatic carbocycles. The second-order valence-corrected chi connectivity index (χ2v) is 7.06. The van der Waals surface area contributed by atoms with E-state index in [-0.39, 0.29) is 23.6 Å². The minimum absolute atomic E-state index is 0.00644. The van der Waals surface area contributed by atoms with Crippen molar-refractivity contribution in [2.75, 3.05) is 0 Å². The fourth-order valence-electron chi connectivity index (χ4n) is 3.00. The first kappa shape index (κ1) is 20.0. The lowest BCUT2D eigenvalue weighted by Gasteiger charge is -2.15. The summed E-state index contributed by atoms with van der Waals surface area (Å²) in [5, 5.41) is 11.7. The van der Waals surface area contributed by atoms with Crippen molar-refractivity contribution in [2.45, 2.75) is 25.8 Å².